The Morgan fingerprint density at radius 1 is 1.62 bits per heavy atom. The minimum absolute atomic E-state index is 0.0488. The minimum atomic E-state index is -4.51. The third-order valence-electron chi connectivity index (χ3n) is 1.12. The van der Waals surface area contributed by atoms with Crippen LogP contribution in [0.3, 0.4) is 0 Å². The first-order chi connectivity index (χ1) is 5.91. The van der Waals surface area contributed by atoms with E-state index in [1.807, 2.05) is 0 Å². The summed E-state index contributed by atoms with van der Waals surface area (Å²) < 4.78 is 46.8. The van der Waals surface area contributed by atoms with Gasteiger partial charge in [-0.25, -0.2) is 0 Å². The van der Waals surface area contributed by atoms with Crippen molar-refractivity contribution >= 4 is 5.97 Å². The summed E-state index contributed by atoms with van der Waals surface area (Å²) >= 11 is -2.02. The molecule has 0 radical (unpaired) electrons. The molecule has 0 bridgehead atoms. The molecule has 0 fully saturated rings. The van der Waals surface area contributed by atoms with Crippen LogP contribution in [-0.4, -0.2) is 26.1 Å². The predicted molar refractivity (Wildman–Crippen MR) is 33.3 cm³/mol. The number of carbonyl (C=O) groups is 1. The Morgan fingerprint density at radius 2 is 2.15 bits per heavy atom. The summed E-state index contributed by atoms with van der Waals surface area (Å²) in [5, 5.41) is 0. The summed E-state index contributed by atoms with van der Waals surface area (Å²) in [4.78, 5) is 10.6. The molecule has 1 atom stereocenters. The molecular formula is C6H9F3IO3-. The molecule has 3 nitrogen and oxygen atoms in total. The Morgan fingerprint density at radius 3 is 2.46 bits per heavy atom. The Balaban J connectivity index is 4.06. The number of esters is 1. The zero-order valence-corrected chi connectivity index (χ0v) is 8.92. The van der Waals surface area contributed by atoms with Crippen LogP contribution in [0.4, 0.5) is 13.2 Å². The van der Waals surface area contributed by atoms with Crippen molar-refractivity contribution in [3.8, 4) is 0 Å². The van der Waals surface area contributed by atoms with Gasteiger partial charge in [0.05, 0.1) is 0 Å². The molecule has 0 heterocycles. The number of alkyl halides is 4. The first kappa shape index (κ1) is 12.9. The molecule has 0 aliphatic rings. The third kappa shape index (κ3) is 5.29. The Bertz CT molecular complexity index is 171. The van der Waals surface area contributed by atoms with Gasteiger partial charge in [0.1, 0.15) is 0 Å². The SMILES string of the molecule is CCOC(=O)CC([I-]O)C(F)(F)F. The number of hydrogen-bond donors (Lipinski definition) is 1. The predicted octanol–water partition coefficient (Wildman–Crippen LogP) is -2.13. The van der Waals surface area contributed by atoms with Gasteiger partial charge in [0.25, 0.3) is 0 Å². The molecule has 0 aliphatic heterocycles. The summed E-state index contributed by atoms with van der Waals surface area (Å²) in [6, 6.07) is 0. The van der Waals surface area contributed by atoms with Crippen LogP contribution in [0.15, 0.2) is 0 Å². The van der Waals surface area contributed by atoms with Crippen LogP contribution < -0.4 is 21.6 Å². The summed E-state index contributed by atoms with van der Waals surface area (Å²) in [7, 11) is 0. The zero-order valence-electron chi connectivity index (χ0n) is 6.77. The van der Waals surface area contributed by atoms with Gasteiger partial charge in [-0.05, 0) is 0 Å². The van der Waals surface area contributed by atoms with Crippen molar-refractivity contribution in [2.45, 2.75) is 23.4 Å². The number of carbonyl (C=O) groups excluding carboxylic acids is 1. The van der Waals surface area contributed by atoms with E-state index < -0.39 is 44.1 Å². The van der Waals surface area contributed by atoms with Gasteiger partial charge >= 0.3 is 83.8 Å². The molecule has 0 aromatic carbocycles. The monoisotopic (exact) mass is 313 g/mol. The Labute approximate surface area is 84.1 Å². The summed E-state index contributed by atoms with van der Waals surface area (Å²) in [5.74, 6) is -0.918. The molecule has 0 rings (SSSR count). The van der Waals surface area contributed by atoms with Gasteiger partial charge < -0.3 is 0 Å². The molecule has 0 saturated heterocycles. The first-order valence-electron chi connectivity index (χ1n) is 3.41. The average molecular weight is 313 g/mol. The van der Waals surface area contributed by atoms with E-state index in [1.54, 1.807) is 0 Å². The number of rotatable bonds is 4. The van der Waals surface area contributed by atoms with E-state index in [4.69, 9.17) is 3.44 Å². The van der Waals surface area contributed by atoms with Crippen molar-refractivity contribution in [3.63, 3.8) is 0 Å². The fourth-order valence-corrected chi connectivity index (χ4v) is 1.44. The van der Waals surface area contributed by atoms with Crippen LogP contribution >= 0.6 is 0 Å². The molecule has 0 aromatic rings. The normalized spacial score (nSPS) is 14.2. The molecule has 7 heteroatoms. The summed E-state index contributed by atoms with van der Waals surface area (Å²) in [6.45, 7) is 1.56. The fraction of sp³-hybridized carbons (Fsp3) is 0.833. The van der Waals surface area contributed by atoms with Crippen molar-refractivity contribution in [2.24, 2.45) is 0 Å². The van der Waals surface area contributed by atoms with E-state index in [0.29, 0.717) is 0 Å². The van der Waals surface area contributed by atoms with Crippen molar-refractivity contribution < 1.29 is 47.8 Å². The molecular weight excluding hydrogens is 304 g/mol. The Hall–Kier alpha value is -0.0500. The maximum atomic E-state index is 12.0. The van der Waals surface area contributed by atoms with E-state index >= 15 is 0 Å². The topological polar surface area (TPSA) is 46.5 Å². The first-order valence-corrected chi connectivity index (χ1v) is 5.62. The van der Waals surface area contributed by atoms with E-state index in [0.717, 1.165) is 0 Å². The average Bonchev–Trinajstić information content (AvgIpc) is 1.98. The summed E-state index contributed by atoms with van der Waals surface area (Å²) in [6.07, 6.45) is -5.28. The van der Waals surface area contributed by atoms with Crippen LogP contribution in [0, 0.1) is 0 Å². The molecule has 0 aromatic heterocycles. The molecule has 0 saturated carbocycles. The molecule has 1 N–H and O–H groups in total. The standard InChI is InChI=1S/C6H9F3IO3/c1-2-13-5(11)3-4(10-12)6(7,8)9/h4,12H,2-3H2,1H3/q-1. The second-order valence-electron chi connectivity index (χ2n) is 2.12. The van der Waals surface area contributed by atoms with Gasteiger partial charge in [-0.1, -0.05) is 0 Å². The van der Waals surface area contributed by atoms with E-state index in [1.165, 1.54) is 6.92 Å². The number of hydrogen-bond acceptors (Lipinski definition) is 3. The molecule has 0 aliphatic carbocycles. The molecule has 13 heavy (non-hydrogen) atoms. The molecule has 0 spiro atoms. The van der Waals surface area contributed by atoms with Crippen molar-refractivity contribution in [1.82, 2.24) is 0 Å². The van der Waals surface area contributed by atoms with Crippen LogP contribution in [0.2, 0.25) is 0 Å². The van der Waals surface area contributed by atoms with Gasteiger partial charge in [0.15, 0.2) is 0 Å². The van der Waals surface area contributed by atoms with E-state index in [2.05, 4.69) is 4.74 Å². The quantitative estimate of drug-likeness (QED) is 0.366. The molecule has 80 valence electrons. The molecule has 0 amide bonds. The van der Waals surface area contributed by atoms with Gasteiger partial charge in [-0.3, -0.25) is 0 Å². The van der Waals surface area contributed by atoms with Crippen LogP contribution in [-0.2, 0) is 9.53 Å². The van der Waals surface area contributed by atoms with Crippen molar-refractivity contribution in [1.29, 1.82) is 0 Å². The van der Waals surface area contributed by atoms with Crippen molar-refractivity contribution in [2.75, 3.05) is 6.61 Å². The van der Waals surface area contributed by atoms with Gasteiger partial charge in [0.2, 0.25) is 0 Å². The third-order valence-corrected chi connectivity index (χ3v) is 2.94. The van der Waals surface area contributed by atoms with Gasteiger partial charge in [0, 0.05) is 0 Å². The Kier molecular flexibility index (Phi) is 5.61. The second-order valence-corrected chi connectivity index (χ2v) is 4.18. The summed E-state index contributed by atoms with van der Waals surface area (Å²) in [5.41, 5.74) is 0. The zero-order chi connectivity index (χ0) is 10.5. The van der Waals surface area contributed by atoms with Gasteiger partial charge in [-0.15, -0.1) is 0 Å². The van der Waals surface area contributed by atoms with Crippen LogP contribution in [0.1, 0.15) is 13.3 Å². The van der Waals surface area contributed by atoms with E-state index in [-0.39, 0.29) is 6.61 Å². The van der Waals surface area contributed by atoms with E-state index in [9.17, 15) is 18.0 Å². The van der Waals surface area contributed by atoms with Crippen LogP contribution in [0.25, 0.3) is 0 Å². The van der Waals surface area contributed by atoms with Gasteiger partial charge in [-0.2, -0.15) is 0 Å². The number of ether oxygens (including phenoxy) is 1. The fourth-order valence-electron chi connectivity index (χ4n) is 0.572. The van der Waals surface area contributed by atoms with Crippen molar-refractivity contribution in [3.05, 3.63) is 0 Å². The number of halogens is 4. The molecule has 1 unspecified atom stereocenters. The van der Waals surface area contributed by atoms with Crippen LogP contribution in [0.5, 0.6) is 0 Å². The second kappa shape index (κ2) is 5.63. The maximum absolute atomic E-state index is 12.0.